The fraction of sp³-hybridized carbons (Fsp3) is 1.00. The van der Waals surface area contributed by atoms with E-state index in [9.17, 15) is 8.42 Å². The molecule has 0 amide bonds. The van der Waals surface area contributed by atoms with E-state index in [4.69, 9.17) is 5.14 Å². The van der Waals surface area contributed by atoms with Gasteiger partial charge in [-0.25, -0.2) is 13.6 Å². The molecule has 0 bridgehead atoms. The zero-order chi connectivity index (χ0) is 11.5. The van der Waals surface area contributed by atoms with Crippen molar-refractivity contribution in [3.8, 4) is 0 Å². The van der Waals surface area contributed by atoms with E-state index in [1.807, 2.05) is 11.8 Å². The first-order chi connectivity index (χ1) is 6.90. The molecule has 0 saturated carbocycles. The molecule has 1 heterocycles. The smallest absolute Gasteiger partial charge is 0.209 e. The predicted molar refractivity (Wildman–Crippen MR) is 65.5 cm³/mol. The summed E-state index contributed by atoms with van der Waals surface area (Å²) in [5.74, 6) is 1.23. The van der Waals surface area contributed by atoms with Crippen molar-refractivity contribution in [2.75, 3.05) is 24.6 Å². The van der Waals surface area contributed by atoms with E-state index < -0.39 is 10.0 Å². The summed E-state index contributed by atoms with van der Waals surface area (Å²) in [7, 11) is -3.29. The standard InChI is InChI=1S/C9H20N2O2S2/c1-8-9(2)14-6-5-11(8)4-3-7-15(10,12)13/h8-9H,3-7H2,1-2H3,(H2,10,12,13). The molecule has 1 aliphatic heterocycles. The molecule has 4 nitrogen and oxygen atoms in total. The van der Waals surface area contributed by atoms with Crippen molar-refractivity contribution in [3.05, 3.63) is 0 Å². The van der Waals surface area contributed by atoms with Crippen molar-refractivity contribution in [1.82, 2.24) is 4.90 Å². The van der Waals surface area contributed by atoms with E-state index >= 15 is 0 Å². The Morgan fingerprint density at radius 2 is 2.13 bits per heavy atom. The van der Waals surface area contributed by atoms with Gasteiger partial charge in [-0.2, -0.15) is 11.8 Å². The molecule has 6 heteroatoms. The second-order valence-corrected chi connectivity index (χ2v) is 7.29. The summed E-state index contributed by atoms with van der Waals surface area (Å²) in [5.41, 5.74) is 0. The largest absolute Gasteiger partial charge is 0.299 e. The molecular formula is C9H20N2O2S2. The third-order valence-electron chi connectivity index (χ3n) is 2.89. The molecule has 0 aromatic heterocycles. The molecule has 0 aromatic carbocycles. The Kier molecular flexibility index (Phi) is 4.89. The van der Waals surface area contributed by atoms with Crippen LogP contribution in [0.5, 0.6) is 0 Å². The second-order valence-electron chi connectivity index (χ2n) is 4.07. The van der Waals surface area contributed by atoms with Crippen LogP contribution in [-0.2, 0) is 10.0 Å². The van der Waals surface area contributed by atoms with Crippen LogP contribution in [0.15, 0.2) is 0 Å². The Morgan fingerprint density at radius 1 is 1.47 bits per heavy atom. The molecule has 2 atom stereocenters. The van der Waals surface area contributed by atoms with Crippen molar-refractivity contribution in [2.45, 2.75) is 31.6 Å². The SMILES string of the molecule is CC1SCCN(CCCS(N)(=O)=O)C1C. The molecule has 1 aliphatic rings. The van der Waals surface area contributed by atoms with Crippen molar-refractivity contribution < 1.29 is 8.42 Å². The molecule has 2 N–H and O–H groups in total. The lowest BCUT2D eigenvalue weighted by Gasteiger charge is -2.37. The van der Waals surface area contributed by atoms with Crippen molar-refractivity contribution >= 4 is 21.8 Å². The van der Waals surface area contributed by atoms with Crippen LogP contribution in [-0.4, -0.2) is 49.2 Å². The van der Waals surface area contributed by atoms with Gasteiger partial charge in [-0.15, -0.1) is 0 Å². The van der Waals surface area contributed by atoms with Crippen LogP contribution in [0.3, 0.4) is 0 Å². The molecule has 90 valence electrons. The first-order valence-corrected chi connectivity index (χ1v) is 8.02. The quantitative estimate of drug-likeness (QED) is 0.791. The Labute approximate surface area is 96.6 Å². The molecule has 0 spiro atoms. The molecule has 2 unspecified atom stereocenters. The summed E-state index contributed by atoms with van der Waals surface area (Å²) in [5, 5.41) is 5.60. The number of nitrogens with two attached hydrogens (primary N) is 1. The van der Waals surface area contributed by atoms with Gasteiger partial charge >= 0.3 is 0 Å². The van der Waals surface area contributed by atoms with E-state index in [1.165, 1.54) is 0 Å². The summed E-state index contributed by atoms with van der Waals surface area (Å²) < 4.78 is 21.5. The van der Waals surface area contributed by atoms with Crippen LogP contribution < -0.4 is 5.14 Å². The maximum atomic E-state index is 10.8. The lowest BCUT2D eigenvalue weighted by molar-refractivity contribution is 0.214. The molecule has 0 radical (unpaired) electrons. The first-order valence-electron chi connectivity index (χ1n) is 5.26. The molecule has 1 fully saturated rings. The van der Waals surface area contributed by atoms with Gasteiger partial charge in [0.05, 0.1) is 5.75 Å². The maximum Gasteiger partial charge on any atom is 0.209 e. The van der Waals surface area contributed by atoms with E-state index in [1.54, 1.807) is 0 Å². The lowest BCUT2D eigenvalue weighted by atomic mass is 10.2. The highest BCUT2D eigenvalue weighted by Crippen LogP contribution is 2.23. The maximum absolute atomic E-state index is 10.8. The topological polar surface area (TPSA) is 63.4 Å². The highest BCUT2D eigenvalue weighted by atomic mass is 32.2. The van der Waals surface area contributed by atoms with Crippen molar-refractivity contribution in [3.63, 3.8) is 0 Å². The van der Waals surface area contributed by atoms with Crippen LogP contribution in [0.1, 0.15) is 20.3 Å². The summed E-state index contributed by atoms with van der Waals surface area (Å²) in [6.07, 6.45) is 0.639. The Bertz CT molecular complexity index is 292. The number of hydrogen-bond donors (Lipinski definition) is 1. The van der Waals surface area contributed by atoms with Crippen LogP contribution in [0.2, 0.25) is 0 Å². The van der Waals surface area contributed by atoms with E-state index in [0.717, 1.165) is 18.8 Å². The summed E-state index contributed by atoms with van der Waals surface area (Å²) >= 11 is 1.98. The third kappa shape index (κ3) is 4.72. The minimum atomic E-state index is -3.29. The van der Waals surface area contributed by atoms with Crippen LogP contribution in [0.4, 0.5) is 0 Å². The third-order valence-corrected chi connectivity index (χ3v) is 5.08. The number of rotatable bonds is 4. The number of primary sulfonamides is 1. The van der Waals surface area contributed by atoms with Gasteiger partial charge in [-0.05, 0) is 19.9 Å². The fourth-order valence-corrected chi connectivity index (χ4v) is 3.47. The summed E-state index contributed by atoms with van der Waals surface area (Å²) in [6, 6.07) is 0.532. The Hall–Kier alpha value is 0.220. The molecule has 1 saturated heterocycles. The molecule has 0 aromatic rings. The fourth-order valence-electron chi connectivity index (χ4n) is 1.78. The van der Waals surface area contributed by atoms with Crippen LogP contribution in [0, 0.1) is 0 Å². The number of nitrogens with zero attached hydrogens (tertiary/aromatic N) is 1. The predicted octanol–water partition coefficient (Wildman–Crippen LogP) is 0.491. The van der Waals surface area contributed by atoms with E-state index in [-0.39, 0.29) is 5.75 Å². The highest BCUT2D eigenvalue weighted by Gasteiger charge is 2.24. The first kappa shape index (κ1) is 13.3. The Balaban J connectivity index is 2.32. The minimum Gasteiger partial charge on any atom is -0.299 e. The molecular weight excluding hydrogens is 232 g/mol. The van der Waals surface area contributed by atoms with Crippen molar-refractivity contribution in [1.29, 1.82) is 0 Å². The van der Waals surface area contributed by atoms with Gasteiger partial charge in [0, 0.05) is 23.6 Å². The van der Waals surface area contributed by atoms with Gasteiger partial charge in [0.15, 0.2) is 0 Å². The monoisotopic (exact) mass is 252 g/mol. The van der Waals surface area contributed by atoms with E-state index in [2.05, 4.69) is 18.7 Å². The average Bonchev–Trinajstić information content (AvgIpc) is 2.10. The van der Waals surface area contributed by atoms with Gasteiger partial charge in [0.2, 0.25) is 10.0 Å². The lowest BCUT2D eigenvalue weighted by Crippen LogP contribution is -2.45. The minimum absolute atomic E-state index is 0.0950. The normalized spacial score (nSPS) is 29.3. The van der Waals surface area contributed by atoms with Gasteiger partial charge in [-0.1, -0.05) is 6.92 Å². The van der Waals surface area contributed by atoms with Gasteiger partial charge in [0.1, 0.15) is 0 Å². The zero-order valence-corrected chi connectivity index (χ0v) is 11.0. The molecule has 0 aliphatic carbocycles. The highest BCUT2D eigenvalue weighted by molar-refractivity contribution is 8.00. The molecule has 1 rings (SSSR count). The van der Waals surface area contributed by atoms with Gasteiger partial charge in [0.25, 0.3) is 0 Å². The van der Waals surface area contributed by atoms with Crippen LogP contribution in [0.25, 0.3) is 0 Å². The van der Waals surface area contributed by atoms with Gasteiger partial charge < -0.3 is 0 Å². The zero-order valence-electron chi connectivity index (χ0n) is 9.35. The molecule has 15 heavy (non-hydrogen) atoms. The van der Waals surface area contributed by atoms with Gasteiger partial charge in [-0.3, -0.25) is 4.90 Å². The summed E-state index contributed by atoms with van der Waals surface area (Å²) in [4.78, 5) is 2.35. The van der Waals surface area contributed by atoms with E-state index in [0.29, 0.717) is 17.7 Å². The number of hydrogen-bond acceptors (Lipinski definition) is 4. The van der Waals surface area contributed by atoms with Crippen LogP contribution >= 0.6 is 11.8 Å². The summed E-state index contributed by atoms with van der Waals surface area (Å²) in [6.45, 7) is 6.32. The number of thioether (sulfide) groups is 1. The Morgan fingerprint density at radius 3 is 2.73 bits per heavy atom. The second kappa shape index (κ2) is 5.52. The average molecular weight is 252 g/mol. The number of sulfonamides is 1. The van der Waals surface area contributed by atoms with Crippen molar-refractivity contribution in [2.24, 2.45) is 5.14 Å².